The van der Waals surface area contributed by atoms with E-state index < -0.39 is 0 Å². The molecule has 1 saturated heterocycles. The van der Waals surface area contributed by atoms with E-state index in [2.05, 4.69) is 30.3 Å². The van der Waals surface area contributed by atoms with Gasteiger partial charge in [-0.25, -0.2) is 9.97 Å². The van der Waals surface area contributed by atoms with E-state index in [0.29, 0.717) is 6.04 Å². The van der Waals surface area contributed by atoms with Crippen LogP contribution in [0.1, 0.15) is 18.7 Å². The first-order valence-electron chi connectivity index (χ1n) is 7.44. The van der Waals surface area contributed by atoms with Gasteiger partial charge in [-0.3, -0.25) is 4.90 Å². The van der Waals surface area contributed by atoms with Gasteiger partial charge in [0.05, 0.1) is 6.54 Å². The lowest BCUT2D eigenvalue weighted by Gasteiger charge is -2.31. The van der Waals surface area contributed by atoms with Gasteiger partial charge in [-0.2, -0.15) is 4.98 Å². The summed E-state index contributed by atoms with van der Waals surface area (Å²) in [5, 5.41) is 7.36. The van der Waals surface area contributed by atoms with E-state index in [1.807, 2.05) is 25.1 Å². The molecule has 0 aliphatic carbocycles. The Bertz CT molecular complexity index is 579. The minimum Gasteiger partial charge on any atom is -0.367 e. The molecule has 0 atom stereocenters. The molecule has 0 unspecified atom stereocenters. The van der Waals surface area contributed by atoms with Crippen LogP contribution in [-0.2, 0) is 6.54 Å². The molecule has 0 saturated carbocycles. The summed E-state index contributed by atoms with van der Waals surface area (Å²) in [6.45, 7) is 2.77. The molecule has 1 fully saturated rings. The van der Waals surface area contributed by atoms with Crippen molar-refractivity contribution in [3.8, 4) is 0 Å². The molecule has 0 aromatic carbocycles. The van der Waals surface area contributed by atoms with Gasteiger partial charge in [-0.15, -0.1) is 0 Å². The predicted molar refractivity (Wildman–Crippen MR) is 82.6 cm³/mol. The molecule has 0 bridgehead atoms. The van der Waals surface area contributed by atoms with Gasteiger partial charge in [0, 0.05) is 39.3 Å². The van der Waals surface area contributed by atoms with Crippen molar-refractivity contribution in [3.05, 3.63) is 24.6 Å². The Kier molecular flexibility index (Phi) is 4.47. The summed E-state index contributed by atoms with van der Waals surface area (Å²) in [6.07, 6.45) is 5.11. The molecule has 2 aromatic heterocycles. The van der Waals surface area contributed by atoms with Crippen molar-refractivity contribution in [3.63, 3.8) is 0 Å². The van der Waals surface area contributed by atoms with E-state index in [-0.39, 0.29) is 0 Å². The van der Waals surface area contributed by atoms with E-state index >= 15 is 0 Å². The average Bonchev–Trinajstić information content (AvgIpc) is 3.02. The molecule has 8 heteroatoms. The van der Waals surface area contributed by atoms with Gasteiger partial charge in [0.1, 0.15) is 18.0 Å². The van der Waals surface area contributed by atoms with Crippen LogP contribution in [0.25, 0.3) is 0 Å². The van der Waals surface area contributed by atoms with Crippen molar-refractivity contribution < 1.29 is 4.52 Å². The normalized spacial score (nSPS) is 16.6. The van der Waals surface area contributed by atoms with Gasteiger partial charge < -0.3 is 14.7 Å². The van der Waals surface area contributed by atoms with Crippen molar-refractivity contribution in [1.29, 1.82) is 0 Å². The Hall–Kier alpha value is -2.22. The fraction of sp³-hybridized carbons (Fsp3) is 0.571. The fourth-order valence-corrected chi connectivity index (χ4v) is 2.58. The largest absolute Gasteiger partial charge is 0.367 e. The van der Waals surface area contributed by atoms with Crippen LogP contribution in [0, 0.1) is 0 Å². The predicted octanol–water partition coefficient (Wildman–Crippen LogP) is 1.00. The lowest BCUT2D eigenvalue weighted by atomic mass is 10.1. The number of likely N-dealkylation sites (tertiary alicyclic amines) is 1. The number of anilines is 2. The zero-order chi connectivity index (χ0) is 15.4. The second kappa shape index (κ2) is 6.69. The number of hydrogen-bond donors (Lipinski definition) is 1. The zero-order valence-electron chi connectivity index (χ0n) is 12.9. The first kappa shape index (κ1) is 14.7. The minimum absolute atomic E-state index is 0.437. The van der Waals surface area contributed by atoms with Crippen molar-refractivity contribution in [2.45, 2.75) is 25.4 Å². The maximum atomic E-state index is 4.77. The van der Waals surface area contributed by atoms with E-state index in [9.17, 15) is 0 Å². The highest BCUT2D eigenvalue weighted by atomic mass is 16.5. The highest BCUT2D eigenvalue weighted by molar-refractivity contribution is 5.47. The summed E-state index contributed by atoms with van der Waals surface area (Å²) in [4.78, 5) is 16.9. The zero-order valence-corrected chi connectivity index (χ0v) is 12.9. The van der Waals surface area contributed by atoms with Gasteiger partial charge in [0.2, 0.25) is 6.39 Å². The van der Waals surface area contributed by atoms with Crippen molar-refractivity contribution in [1.82, 2.24) is 25.0 Å². The maximum absolute atomic E-state index is 4.77. The summed E-state index contributed by atoms with van der Waals surface area (Å²) in [5.74, 6) is 2.54. The molecule has 1 aliphatic rings. The van der Waals surface area contributed by atoms with Crippen molar-refractivity contribution in [2.24, 2.45) is 0 Å². The number of rotatable bonds is 5. The van der Waals surface area contributed by atoms with Crippen LogP contribution in [0.2, 0.25) is 0 Å². The Morgan fingerprint density at radius 2 is 2.09 bits per heavy atom. The van der Waals surface area contributed by atoms with Gasteiger partial charge in [-0.1, -0.05) is 5.16 Å². The van der Waals surface area contributed by atoms with E-state index in [1.165, 1.54) is 6.39 Å². The number of nitrogens with one attached hydrogen (secondary N) is 1. The third kappa shape index (κ3) is 3.70. The summed E-state index contributed by atoms with van der Waals surface area (Å²) in [6, 6.07) is 2.41. The van der Waals surface area contributed by atoms with Crippen LogP contribution in [0.4, 0.5) is 11.6 Å². The second-order valence-corrected chi connectivity index (χ2v) is 5.70. The first-order chi connectivity index (χ1) is 10.7. The molecule has 118 valence electrons. The Balaban J connectivity index is 1.50. The highest BCUT2D eigenvalue weighted by Gasteiger charge is 2.20. The smallest absolute Gasteiger partial charge is 0.213 e. The SMILES string of the molecule is CN(C)c1cc(NC2CCN(Cc3ncon3)CC2)ncn1. The Labute approximate surface area is 129 Å². The molecule has 0 spiro atoms. The molecule has 0 radical (unpaired) electrons. The Morgan fingerprint density at radius 1 is 1.27 bits per heavy atom. The van der Waals surface area contributed by atoms with Crippen LogP contribution in [0.15, 0.2) is 23.3 Å². The first-order valence-corrected chi connectivity index (χ1v) is 7.44. The van der Waals surface area contributed by atoms with E-state index in [0.717, 1.165) is 49.9 Å². The summed E-state index contributed by atoms with van der Waals surface area (Å²) >= 11 is 0. The number of hydrogen-bond acceptors (Lipinski definition) is 8. The van der Waals surface area contributed by atoms with E-state index in [4.69, 9.17) is 4.52 Å². The lowest BCUT2D eigenvalue weighted by Crippen LogP contribution is -2.39. The number of aromatic nitrogens is 4. The standard InChI is InChI=1S/C14H21N7O/c1-20(2)14-7-12(15-9-16-14)18-11-3-5-21(6-4-11)8-13-17-10-22-19-13/h7,9-11H,3-6,8H2,1-2H3,(H,15,16,18). The molecule has 1 N–H and O–H groups in total. The van der Waals surface area contributed by atoms with Gasteiger partial charge in [0.25, 0.3) is 0 Å². The minimum atomic E-state index is 0.437. The van der Waals surface area contributed by atoms with Crippen LogP contribution >= 0.6 is 0 Å². The lowest BCUT2D eigenvalue weighted by molar-refractivity contribution is 0.204. The Morgan fingerprint density at radius 3 is 2.77 bits per heavy atom. The second-order valence-electron chi connectivity index (χ2n) is 5.70. The topological polar surface area (TPSA) is 83.2 Å². The van der Waals surface area contributed by atoms with Crippen molar-refractivity contribution >= 4 is 11.6 Å². The molecule has 22 heavy (non-hydrogen) atoms. The molecular weight excluding hydrogens is 282 g/mol. The number of piperidine rings is 1. The van der Waals surface area contributed by atoms with Crippen LogP contribution in [0.5, 0.6) is 0 Å². The van der Waals surface area contributed by atoms with Gasteiger partial charge >= 0.3 is 0 Å². The van der Waals surface area contributed by atoms with Crippen LogP contribution in [-0.4, -0.2) is 58.2 Å². The molecule has 8 nitrogen and oxygen atoms in total. The summed E-state index contributed by atoms with van der Waals surface area (Å²) in [5.41, 5.74) is 0. The maximum Gasteiger partial charge on any atom is 0.213 e. The van der Waals surface area contributed by atoms with Gasteiger partial charge in [-0.05, 0) is 12.8 Å². The molecule has 3 rings (SSSR count). The summed E-state index contributed by atoms with van der Waals surface area (Å²) < 4.78 is 4.77. The monoisotopic (exact) mass is 303 g/mol. The molecule has 2 aromatic rings. The van der Waals surface area contributed by atoms with Crippen LogP contribution < -0.4 is 10.2 Å². The molecule has 3 heterocycles. The average molecular weight is 303 g/mol. The van der Waals surface area contributed by atoms with E-state index in [1.54, 1.807) is 6.33 Å². The molecule has 1 aliphatic heterocycles. The molecular formula is C14H21N7O. The van der Waals surface area contributed by atoms with Gasteiger partial charge in [0.15, 0.2) is 5.82 Å². The number of nitrogens with zero attached hydrogens (tertiary/aromatic N) is 6. The summed E-state index contributed by atoms with van der Waals surface area (Å²) in [7, 11) is 3.95. The highest BCUT2D eigenvalue weighted by Crippen LogP contribution is 2.18. The van der Waals surface area contributed by atoms with Crippen LogP contribution in [0.3, 0.4) is 0 Å². The third-order valence-electron chi connectivity index (χ3n) is 3.82. The van der Waals surface area contributed by atoms with Crippen molar-refractivity contribution in [2.75, 3.05) is 37.4 Å². The third-order valence-corrected chi connectivity index (χ3v) is 3.82. The fourth-order valence-electron chi connectivity index (χ4n) is 2.58. The molecule has 0 amide bonds. The quantitative estimate of drug-likeness (QED) is 0.876.